The van der Waals surface area contributed by atoms with E-state index in [0.29, 0.717) is 12.4 Å². The Bertz CT molecular complexity index is 338. The van der Waals surface area contributed by atoms with Crippen molar-refractivity contribution in [3.63, 3.8) is 0 Å². The van der Waals surface area contributed by atoms with E-state index in [-0.39, 0.29) is 6.04 Å². The van der Waals surface area contributed by atoms with Gasteiger partial charge in [0.15, 0.2) is 0 Å². The number of rotatable bonds is 3. The van der Waals surface area contributed by atoms with E-state index in [9.17, 15) is 5.11 Å². The molecule has 82 valence electrons. The number of phenols is 1. The molecule has 1 atom stereocenters. The minimum atomic E-state index is 0.223. The van der Waals surface area contributed by atoms with Crippen molar-refractivity contribution in [3.8, 4) is 5.75 Å². The quantitative estimate of drug-likeness (QED) is 0.791. The van der Waals surface area contributed by atoms with Crippen molar-refractivity contribution in [1.29, 1.82) is 0 Å². The second kappa shape index (κ2) is 4.64. The maximum atomic E-state index is 9.46. The highest BCUT2D eigenvalue weighted by molar-refractivity contribution is 5.38. The molecule has 2 N–H and O–H groups in total. The van der Waals surface area contributed by atoms with E-state index >= 15 is 0 Å². The van der Waals surface area contributed by atoms with Crippen LogP contribution in [0.5, 0.6) is 5.75 Å². The van der Waals surface area contributed by atoms with Crippen LogP contribution in [-0.2, 0) is 11.2 Å². The van der Waals surface area contributed by atoms with Gasteiger partial charge in [0.05, 0.1) is 12.6 Å². The summed E-state index contributed by atoms with van der Waals surface area (Å²) >= 11 is 0. The van der Waals surface area contributed by atoms with E-state index in [1.807, 2.05) is 19.1 Å². The number of aromatic hydroxyl groups is 1. The SMILES string of the molecule is CCOCC1NCCc2ccc(O)cc21. The highest BCUT2D eigenvalue weighted by Gasteiger charge is 2.19. The van der Waals surface area contributed by atoms with Gasteiger partial charge in [-0.1, -0.05) is 6.07 Å². The minimum absolute atomic E-state index is 0.223. The van der Waals surface area contributed by atoms with Crippen molar-refractivity contribution in [2.24, 2.45) is 0 Å². The van der Waals surface area contributed by atoms with Crippen molar-refractivity contribution < 1.29 is 9.84 Å². The van der Waals surface area contributed by atoms with Crippen LogP contribution >= 0.6 is 0 Å². The fraction of sp³-hybridized carbons (Fsp3) is 0.500. The van der Waals surface area contributed by atoms with Crippen LogP contribution in [0.1, 0.15) is 24.1 Å². The lowest BCUT2D eigenvalue weighted by atomic mass is 9.94. The van der Waals surface area contributed by atoms with E-state index in [2.05, 4.69) is 5.32 Å². The molecule has 2 rings (SSSR count). The summed E-state index contributed by atoms with van der Waals surface area (Å²) < 4.78 is 5.43. The first-order valence-electron chi connectivity index (χ1n) is 5.44. The van der Waals surface area contributed by atoms with Gasteiger partial charge < -0.3 is 15.2 Å². The summed E-state index contributed by atoms with van der Waals surface area (Å²) in [5.41, 5.74) is 2.49. The first kappa shape index (κ1) is 10.5. The third-order valence-corrected chi connectivity index (χ3v) is 2.78. The summed E-state index contributed by atoms with van der Waals surface area (Å²) in [6.45, 7) is 4.38. The van der Waals surface area contributed by atoms with Gasteiger partial charge in [-0.2, -0.15) is 0 Å². The molecule has 0 aromatic heterocycles. The summed E-state index contributed by atoms with van der Waals surface area (Å²) in [5, 5.41) is 12.9. The number of hydrogen-bond acceptors (Lipinski definition) is 3. The molecule has 0 radical (unpaired) electrons. The first-order valence-corrected chi connectivity index (χ1v) is 5.44. The summed E-state index contributed by atoms with van der Waals surface area (Å²) in [6, 6.07) is 5.82. The lowest BCUT2D eigenvalue weighted by Crippen LogP contribution is -2.32. The highest BCUT2D eigenvalue weighted by atomic mass is 16.5. The third kappa shape index (κ3) is 2.30. The van der Waals surface area contributed by atoms with Gasteiger partial charge in [-0.25, -0.2) is 0 Å². The molecule has 1 aromatic rings. The Labute approximate surface area is 90.1 Å². The van der Waals surface area contributed by atoms with Gasteiger partial charge in [-0.3, -0.25) is 0 Å². The molecule has 15 heavy (non-hydrogen) atoms. The molecule has 1 aromatic carbocycles. The normalized spacial score (nSPS) is 19.9. The Morgan fingerprint density at radius 2 is 2.40 bits per heavy atom. The second-order valence-corrected chi connectivity index (χ2v) is 3.80. The molecular formula is C12H17NO2. The highest BCUT2D eigenvalue weighted by Crippen LogP contribution is 2.26. The second-order valence-electron chi connectivity index (χ2n) is 3.80. The molecule has 0 spiro atoms. The number of hydrogen-bond donors (Lipinski definition) is 2. The van der Waals surface area contributed by atoms with Crippen molar-refractivity contribution in [2.75, 3.05) is 19.8 Å². The van der Waals surface area contributed by atoms with E-state index in [1.165, 1.54) is 11.1 Å². The predicted molar refractivity (Wildman–Crippen MR) is 59.0 cm³/mol. The van der Waals surface area contributed by atoms with Crippen LogP contribution in [0.2, 0.25) is 0 Å². The maximum absolute atomic E-state index is 9.46. The van der Waals surface area contributed by atoms with E-state index in [0.717, 1.165) is 19.6 Å². The largest absolute Gasteiger partial charge is 0.508 e. The van der Waals surface area contributed by atoms with Crippen LogP contribution in [0.4, 0.5) is 0 Å². The van der Waals surface area contributed by atoms with Gasteiger partial charge in [-0.05, 0) is 43.1 Å². The van der Waals surface area contributed by atoms with Gasteiger partial charge in [0.2, 0.25) is 0 Å². The molecule has 3 heteroatoms. The number of nitrogens with one attached hydrogen (secondary N) is 1. The molecule has 0 amide bonds. The van der Waals surface area contributed by atoms with Gasteiger partial charge in [0.25, 0.3) is 0 Å². The maximum Gasteiger partial charge on any atom is 0.115 e. The van der Waals surface area contributed by atoms with Gasteiger partial charge in [0.1, 0.15) is 5.75 Å². The molecule has 1 aliphatic rings. The van der Waals surface area contributed by atoms with E-state index in [1.54, 1.807) is 6.07 Å². The molecule has 0 bridgehead atoms. The Balaban J connectivity index is 2.20. The molecule has 1 unspecified atom stereocenters. The van der Waals surface area contributed by atoms with Crippen LogP contribution in [0.25, 0.3) is 0 Å². The topological polar surface area (TPSA) is 41.5 Å². The van der Waals surface area contributed by atoms with Crippen LogP contribution in [0.15, 0.2) is 18.2 Å². The summed E-state index contributed by atoms with van der Waals surface area (Å²) in [5.74, 6) is 0.332. The monoisotopic (exact) mass is 207 g/mol. The molecule has 0 saturated heterocycles. The minimum Gasteiger partial charge on any atom is -0.508 e. The number of benzene rings is 1. The molecular weight excluding hydrogens is 190 g/mol. The van der Waals surface area contributed by atoms with Gasteiger partial charge in [-0.15, -0.1) is 0 Å². The molecule has 0 fully saturated rings. The summed E-state index contributed by atoms with van der Waals surface area (Å²) in [7, 11) is 0. The van der Waals surface area contributed by atoms with E-state index in [4.69, 9.17) is 4.74 Å². The zero-order valence-corrected chi connectivity index (χ0v) is 8.99. The lowest BCUT2D eigenvalue weighted by molar-refractivity contribution is 0.121. The Kier molecular flexibility index (Phi) is 3.23. The lowest BCUT2D eigenvalue weighted by Gasteiger charge is -2.26. The van der Waals surface area contributed by atoms with Gasteiger partial charge >= 0.3 is 0 Å². The predicted octanol–water partition coefficient (Wildman–Crippen LogP) is 1.62. The average Bonchev–Trinajstić information content (AvgIpc) is 2.26. The number of fused-ring (bicyclic) bond motifs is 1. The summed E-state index contributed by atoms with van der Waals surface area (Å²) in [6.07, 6.45) is 1.03. The fourth-order valence-electron chi connectivity index (χ4n) is 2.01. The van der Waals surface area contributed by atoms with Crippen LogP contribution in [-0.4, -0.2) is 24.9 Å². The standard InChI is InChI=1S/C12H17NO2/c1-2-15-8-12-11-7-10(14)4-3-9(11)5-6-13-12/h3-4,7,12-14H,2,5-6,8H2,1H3. The molecule has 3 nitrogen and oxygen atoms in total. The number of phenolic OH excluding ortho intramolecular Hbond substituents is 1. The van der Waals surface area contributed by atoms with Crippen molar-refractivity contribution in [2.45, 2.75) is 19.4 Å². The molecule has 1 aliphatic heterocycles. The van der Waals surface area contributed by atoms with E-state index < -0.39 is 0 Å². The molecule has 0 aliphatic carbocycles. The van der Waals surface area contributed by atoms with Crippen molar-refractivity contribution in [3.05, 3.63) is 29.3 Å². The fourth-order valence-corrected chi connectivity index (χ4v) is 2.01. The smallest absolute Gasteiger partial charge is 0.115 e. The first-order chi connectivity index (χ1) is 7.31. The zero-order chi connectivity index (χ0) is 10.7. The van der Waals surface area contributed by atoms with Crippen molar-refractivity contribution in [1.82, 2.24) is 5.32 Å². The van der Waals surface area contributed by atoms with Crippen molar-refractivity contribution >= 4 is 0 Å². The van der Waals surface area contributed by atoms with Crippen LogP contribution in [0, 0.1) is 0 Å². The molecule has 0 saturated carbocycles. The van der Waals surface area contributed by atoms with Gasteiger partial charge in [0, 0.05) is 6.61 Å². The third-order valence-electron chi connectivity index (χ3n) is 2.78. The Morgan fingerprint density at radius 1 is 1.53 bits per heavy atom. The Morgan fingerprint density at radius 3 is 3.20 bits per heavy atom. The summed E-state index contributed by atoms with van der Waals surface area (Å²) in [4.78, 5) is 0. The average molecular weight is 207 g/mol. The van der Waals surface area contributed by atoms with Crippen LogP contribution in [0.3, 0.4) is 0 Å². The van der Waals surface area contributed by atoms with Crippen LogP contribution < -0.4 is 5.32 Å². The zero-order valence-electron chi connectivity index (χ0n) is 8.99. The Hall–Kier alpha value is -1.06. The molecule has 1 heterocycles. The number of ether oxygens (including phenoxy) is 1.